The molecule has 0 radical (unpaired) electrons. The van der Waals surface area contributed by atoms with E-state index in [0.29, 0.717) is 16.7 Å². The van der Waals surface area contributed by atoms with E-state index < -0.39 is 17.6 Å². The van der Waals surface area contributed by atoms with Crippen LogP contribution in [0, 0.1) is 0 Å². The van der Waals surface area contributed by atoms with Gasteiger partial charge in [-0.25, -0.2) is 9.59 Å². The van der Waals surface area contributed by atoms with Gasteiger partial charge in [-0.2, -0.15) is 0 Å². The molecule has 0 aliphatic heterocycles. The number of amides is 1. The predicted octanol–water partition coefficient (Wildman–Crippen LogP) is -0.168. The van der Waals surface area contributed by atoms with E-state index in [1.165, 1.54) is 4.57 Å². The van der Waals surface area contributed by atoms with Crippen LogP contribution in [0.25, 0.3) is 11.1 Å². The Bertz CT molecular complexity index is 682. The Balaban J connectivity index is 2.23. The van der Waals surface area contributed by atoms with Gasteiger partial charge in [-0.05, 0) is 17.7 Å². The number of carboxylic acid groups (broad SMARTS) is 1. The van der Waals surface area contributed by atoms with Crippen molar-refractivity contribution in [2.24, 2.45) is 7.05 Å². The maximum Gasteiger partial charge on any atom is 0.419 e. The molecule has 1 aromatic carbocycles. The lowest BCUT2D eigenvalue weighted by Crippen LogP contribution is -2.29. The van der Waals surface area contributed by atoms with Gasteiger partial charge in [0.05, 0.1) is 5.52 Å². The second-order valence-electron chi connectivity index (χ2n) is 3.72. The van der Waals surface area contributed by atoms with Gasteiger partial charge in [-0.1, -0.05) is 6.07 Å². The van der Waals surface area contributed by atoms with Gasteiger partial charge in [0, 0.05) is 13.6 Å². The highest BCUT2D eigenvalue weighted by molar-refractivity contribution is 6.31. The Labute approximate surface area is 101 Å². The fourth-order valence-electron chi connectivity index (χ4n) is 1.55. The molecule has 0 aliphatic rings. The van der Waals surface area contributed by atoms with E-state index in [4.69, 9.17) is 9.52 Å². The lowest BCUT2D eigenvalue weighted by Gasteiger charge is -2.02. The molecule has 0 atom stereocenters. The van der Waals surface area contributed by atoms with Crippen LogP contribution < -0.4 is 11.1 Å². The number of aryl methyl sites for hydroxylation is 1. The zero-order valence-electron chi connectivity index (χ0n) is 9.47. The Morgan fingerprint density at radius 1 is 1.44 bits per heavy atom. The molecule has 1 amide bonds. The van der Waals surface area contributed by atoms with Crippen molar-refractivity contribution >= 4 is 23.0 Å². The minimum atomic E-state index is -1.54. The molecule has 0 saturated heterocycles. The molecule has 18 heavy (non-hydrogen) atoms. The Kier molecular flexibility index (Phi) is 2.88. The molecular formula is C11H10N2O5. The third-order valence-electron chi connectivity index (χ3n) is 2.50. The molecule has 1 aromatic heterocycles. The van der Waals surface area contributed by atoms with Crippen molar-refractivity contribution in [3.8, 4) is 0 Å². The van der Waals surface area contributed by atoms with Crippen molar-refractivity contribution in [3.63, 3.8) is 0 Å². The SMILES string of the molecule is Cn1c(=O)oc2cc(CNC(=O)C(=O)O)ccc21. The van der Waals surface area contributed by atoms with Gasteiger partial charge in [-0.3, -0.25) is 9.36 Å². The summed E-state index contributed by atoms with van der Waals surface area (Å²) in [5.41, 5.74) is 1.67. The molecule has 2 aromatic rings. The van der Waals surface area contributed by atoms with Crippen LogP contribution in [0.1, 0.15) is 5.56 Å². The number of oxazole rings is 1. The zero-order valence-corrected chi connectivity index (χ0v) is 9.47. The summed E-state index contributed by atoms with van der Waals surface area (Å²) in [6, 6.07) is 4.93. The third-order valence-corrected chi connectivity index (χ3v) is 2.50. The number of nitrogens with zero attached hydrogens (tertiary/aromatic N) is 1. The van der Waals surface area contributed by atoms with Crippen molar-refractivity contribution in [1.29, 1.82) is 0 Å². The summed E-state index contributed by atoms with van der Waals surface area (Å²) < 4.78 is 6.33. The van der Waals surface area contributed by atoms with Crippen molar-refractivity contribution in [3.05, 3.63) is 34.3 Å². The lowest BCUT2D eigenvalue weighted by atomic mass is 10.2. The quantitative estimate of drug-likeness (QED) is 0.720. The van der Waals surface area contributed by atoms with E-state index in [9.17, 15) is 14.4 Å². The van der Waals surface area contributed by atoms with Crippen LogP contribution in [0.4, 0.5) is 0 Å². The largest absolute Gasteiger partial charge is 0.474 e. The number of rotatable bonds is 2. The summed E-state index contributed by atoms with van der Waals surface area (Å²) in [4.78, 5) is 32.4. The fourth-order valence-corrected chi connectivity index (χ4v) is 1.55. The summed E-state index contributed by atoms with van der Waals surface area (Å²) in [6.07, 6.45) is 0. The van der Waals surface area contributed by atoms with E-state index in [-0.39, 0.29) is 6.54 Å². The van der Waals surface area contributed by atoms with Crippen LogP contribution in [0.3, 0.4) is 0 Å². The summed E-state index contributed by atoms with van der Waals surface area (Å²) >= 11 is 0. The highest BCUT2D eigenvalue weighted by Gasteiger charge is 2.11. The second kappa shape index (κ2) is 4.36. The number of carbonyl (C=O) groups excluding carboxylic acids is 1. The van der Waals surface area contributed by atoms with Gasteiger partial charge < -0.3 is 14.8 Å². The number of aliphatic carboxylic acids is 1. The normalized spacial score (nSPS) is 10.5. The van der Waals surface area contributed by atoms with Gasteiger partial charge in [0.2, 0.25) is 0 Å². The first-order chi connectivity index (χ1) is 8.49. The molecule has 0 aliphatic carbocycles. The molecule has 94 valence electrons. The van der Waals surface area contributed by atoms with Crippen LogP contribution in [-0.2, 0) is 23.2 Å². The van der Waals surface area contributed by atoms with E-state index in [1.807, 2.05) is 0 Å². The Morgan fingerprint density at radius 2 is 2.17 bits per heavy atom. The fraction of sp³-hybridized carbons (Fsp3) is 0.182. The number of carbonyl (C=O) groups is 2. The van der Waals surface area contributed by atoms with Crippen LogP contribution in [0.15, 0.2) is 27.4 Å². The van der Waals surface area contributed by atoms with Gasteiger partial charge in [0.15, 0.2) is 5.58 Å². The van der Waals surface area contributed by atoms with Crippen molar-refractivity contribution in [1.82, 2.24) is 9.88 Å². The zero-order chi connectivity index (χ0) is 13.3. The number of benzene rings is 1. The number of carboxylic acids is 1. The molecule has 0 saturated carbocycles. The highest BCUT2D eigenvalue weighted by Crippen LogP contribution is 2.13. The summed E-state index contributed by atoms with van der Waals surface area (Å²) in [6.45, 7) is 0.0552. The van der Waals surface area contributed by atoms with Gasteiger partial charge in [0.25, 0.3) is 0 Å². The first-order valence-electron chi connectivity index (χ1n) is 5.08. The first kappa shape index (κ1) is 11.9. The standard InChI is InChI=1S/C11H10N2O5/c1-13-7-3-2-6(4-8(7)18-11(13)17)5-12-9(14)10(15)16/h2-4H,5H2,1H3,(H,12,14)(H,15,16). The summed E-state index contributed by atoms with van der Waals surface area (Å²) in [7, 11) is 1.58. The van der Waals surface area contributed by atoms with Gasteiger partial charge >= 0.3 is 17.6 Å². The monoisotopic (exact) mass is 250 g/mol. The molecular weight excluding hydrogens is 240 g/mol. The van der Waals surface area contributed by atoms with Crippen molar-refractivity contribution in [2.75, 3.05) is 0 Å². The molecule has 2 N–H and O–H groups in total. The van der Waals surface area contributed by atoms with E-state index >= 15 is 0 Å². The number of hydrogen-bond donors (Lipinski definition) is 2. The second-order valence-corrected chi connectivity index (χ2v) is 3.72. The number of aromatic nitrogens is 1. The van der Waals surface area contributed by atoms with Gasteiger partial charge in [-0.15, -0.1) is 0 Å². The third kappa shape index (κ3) is 2.10. The highest BCUT2D eigenvalue weighted by atomic mass is 16.4. The minimum absolute atomic E-state index is 0.0552. The first-order valence-corrected chi connectivity index (χ1v) is 5.08. The molecule has 0 bridgehead atoms. The lowest BCUT2D eigenvalue weighted by molar-refractivity contribution is -0.150. The predicted molar refractivity (Wildman–Crippen MR) is 60.9 cm³/mol. The number of hydrogen-bond acceptors (Lipinski definition) is 4. The minimum Gasteiger partial charge on any atom is -0.474 e. The van der Waals surface area contributed by atoms with Crippen molar-refractivity contribution < 1.29 is 19.1 Å². The van der Waals surface area contributed by atoms with Crippen LogP contribution in [0.2, 0.25) is 0 Å². The van der Waals surface area contributed by atoms with Crippen molar-refractivity contribution in [2.45, 2.75) is 6.54 Å². The summed E-state index contributed by atoms with van der Waals surface area (Å²) in [5.74, 6) is -3.09. The van der Waals surface area contributed by atoms with E-state index in [1.54, 1.807) is 25.2 Å². The molecule has 0 fully saturated rings. The average Bonchev–Trinajstić information content (AvgIpc) is 2.61. The topological polar surface area (TPSA) is 102 Å². The Morgan fingerprint density at radius 3 is 2.83 bits per heavy atom. The summed E-state index contributed by atoms with van der Waals surface area (Å²) in [5, 5.41) is 10.6. The molecule has 2 rings (SSSR count). The number of nitrogens with one attached hydrogen (secondary N) is 1. The van der Waals surface area contributed by atoms with E-state index in [0.717, 1.165) is 0 Å². The average molecular weight is 250 g/mol. The maximum atomic E-state index is 11.3. The van der Waals surface area contributed by atoms with Crippen LogP contribution in [0.5, 0.6) is 0 Å². The van der Waals surface area contributed by atoms with Crippen LogP contribution >= 0.6 is 0 Å². The molecule has 0 spiro atoms. The van der Waals surface area contributed by atoms with E-state index in [2.05, 4.69) is 5.32 Å². The Hall–Kier alpha value is -2.57. The smallest absolute Gasteiger partial charge is 0.419 e. The van der Waals surface area contributed by atoms with Gasteiger partial charge in [0.1, 0.15) is 0 Å². The molecule has 7 nitrogen and oxygen atoms in total. The van der Waals surface area contributed by atoms with Crippen LogP contribution in [-0.4, -0.2) is 21.6 Å². The molecule has 1 heterocycles. The number of fused-ring (bicyclic) bond motifs is 1. The molecule has 7 heteroatoms. The molecule has 0 unspecified atom stereocenters. The maximum absolute atomic E-state index is 11.3.